The summed E-state index contributed by atoms with van der Waals surface area (Å²) in [6.45, 7) is 0.131. The van der Waals surface area contributed by atoms with Gasteiger partial charge in [0.1, 0.15) is 11.9 Å². The zero-order chi connectivity index (χ0) is 19.0. The van der Waals surface area contributed by atoms with Crippen molar-refractivity contribution in [1.82, 2.24) is 0 Å². The summed E-state index contributed by atoms with van der Waals surface area (Å²) in [5.74, 6) is 0. The average Bonchev–Trinajstić information content (AvgIpc) is 2.75. The standard InChI is InChI=1S/C24H24O3/c25-18-10-17-23(26)19-27-24(20-11-4-1-5-12-20,21-13-6-2-7-14-21)22-15-8-3-9-16-22/h1-9,11-16,18,23,26H,10,17,19H2/t23-/m0/s1. The summed E-state index contributed by atoms with van der Waals surface area (Å²) in [5.41, 5.74) is 2.13. The second-order valence-electron chi connectivity index (χ2n) is 6.49. The van der Waals surface area contributed by atoms with Crippen molar-refractivity contribution in [2.75, 3.05) is 6.61 Å². The van der Waals surface area contributed by atoms with E-state index < -0.39 is 11.7 Å². The Labute approximate surface area is 160 Å². The third kappa shape index (κ3) is 4.33. The van der Waals surface area contributed by atoms with E-state index in [4.69, 9.17) is 4.74 Å². The number of hydrogen-bond donors (Lipinski definition) is 1. The molecule has 0 aromatic heterocycles. The molecule has 0 aliphatic carbocycles. The molecule has 27 heavy (non-hydrogen) atoms. The Kier molecular flexibility index (Phi) is 6.53. The molecule has 0 aliphatic heterocycles. The first-order valence-electron chi connectivity index (χ1n) is 9.19. The maximum atomic E-state index is 10.6. The molecule has 0 bridgehead atoms. The van der Waals surface area contributed by atoms with E-state index in [1.807, 2.05) is 91.0 Å². The Morgan fingerprint density at radius 3 is 1.56 bits per heavy atom. The lowest BCUT2D eigenvalue weighted by Gasteiger charge is -2.36. The van der Waals surface area contributed by atoms with Crippen molar-refractivity contribution >= 4 is 6.29 Å². The summed E-state index contributed by atoms with van der Waals surface area (Å²) in [6, 6.07) is 30.1. The van der Waals surface area contributed by atoms with Gasteiger partial charge in [0, 0.05) is 6.42 Å². The maximum absolute atomic E-state index is 10.6. The van der Waals surface area contributed by atoms with Gasteiger partial charge in [-0.05, 0) is 23.1 Å². The Bertz CT molecular complexity index is 719. The molecule has 0 unspecified atom stereocenters. The molecule has 1 atom stereocenters. The summed E-state index contributed by atoms with van der Waals surface area (Å²) in [6.07, 6.45) is 0.824. The minimum atomic E-state index is -0.841. The lowest BCUT2D eigenvalue weighted by molar-refractivity contribution is -0.108. The number of ether oxygens (including phenoxy) is 1. The lowest BCUT2D eigenvalue weighted by atomic mass is 9.80. The van der Waals surface area contributed by atoms with Crippen molar-refractivity contribution in [1.29, 1.82) is 0 Å². The second kappa shape index (κ2) is 9.26. The summed E-state index contributed by atoms with van der Waals surface area (Å²) in [4.78, 5) is 10.6. The molecule has 0 fully saturated rings. The first-order valence-corrected chi connectivity index (χ1v) is 9.19. The summed E-state index contributed by atoms with van der Waals surface area (Å²) < 4.78 is 6.48. The second-order valence-corrected chi connectivity index (χ2v) is 6.49. The Morgan fingerprint density at radius 1 is 0.778 bits per heavy atom. The van der Waals surface area contributed by atoms with Crippen LogP contribution in [0.25, 0.3) is 0 Å². The SMILES string of the molecule is O=CCC[C@H](O)COC(c1ccccc1)(c1ccccc1)c1ccccc1. The number of aldehydes is 1. The minimum Gasteiger partial charge on any atom is -0.391 e. The van der Waals surface area contributed by atoms with E-state index in [1.165, 1.54) is 0 Å². The lowest BCUT2D eigenvalue weighted by Crippen LogP contribution is -2.35. The normalized spacial score (nSPS) is 12.5. The topological polar surface area (TPSA) is 46.5 Å². The average molecular weight is 360 g/mol. The maximum Gasteiger partial charge on any atom is 0.143 e. The van der Waals surface area contributed by atoms with Crippen LogP contribution in [0.4, 0.5) is 0 Å². The number of benzene rings is 3. The highest BCUT2D eigenvalue weighted by molar-refractivity contribution is 5.49. The number of hydrogen-bond acceptors (Lipinski definition) is 3. The highest BCUT2D eigenvalue weighted by Crippen LogP contribution is 2.40. The van der Waals surface area contributed by atoms with Crippen molar-refractivity contribution in [2.24, 2.45) is 0 Å². The van der Waals surface area contributed by atoms with Crippen molar-refractivity contribution in [2.45, 2.75) is 24.5 Å². The van der Waals surface area contributed by atoms with Gasteiger partial charge in [0.15, 0.2) is 0 Å². The third-order valence-corrected chi connectivity index (χ3v) is 4.65. The molecule has 3 aromatic rings. The smallest absolute Gasteiger partial charge is 0.143 e. The highest BCUT2D eigenvalue weighted by Gasteiger charge is 2.37. The molecule has 0 radical (unpaired) electrons. The number of rotatable bonds is 9. The highest BCUT2D eigenvalue weighted by atomic mass is 16.5. The zero-order valence-corrected chi connectivity index (χ0v) is 15.2. The van der Waals surface area contributed by atoms with E-state index in [1.54, 1.807) is 0 Å². The fourth-order valence-corrected chi connectivity index (χ4v) is 3.33. The van der Waals surface area contributed by atoms with Gasteiger partial charge >= 0.3 is 0 Å². The molecule has 0 spiro atoms. The van der Waals surface area contributed by atoms with Crippen LogP contribution in [0.1, 0.15) is 29.5 Å². The molecule has 3 rings (SSSR count). The molecule has 3 nitrogen and oxygen atoms in total. The minimum absolute atomic E-state index is 0.131. The number of aliphatic hydroxyl groups excluding tert-OH is 1. The predicted octanol–water partition coefficient (Wildman–Crippen LogP) is 4.34. The summed E-state index contributed by atoms with van der Waals surface area (Å²) in [7, 11) is 0. The molecule has 3 heteroatoms. The van der Waals surface area contributed by atoms with Gasteiger partial charge in [-0.25, -0.2) is 0 Å². The van der Waals surface area contributed by atoms with Crippen LogP contribution in [0.3, 0.4) is 0 Å². The largest absolute Gasteiger partial charge is 0.391 e. The zero-order valence-electron chi connectivity index (χ0n) is 15.2. The number of carbonyl (C=O) groups excluding carboxylic acids is 1. The van der Waals surface area contributed by atoms with E-state index in [2.05, 4.69) is 0 Å². The summed E-state index contributed by atoms with van der Waals surface area (Å²) in [5, 5.41) is 10.3. The van der Waals surface area contributed by atoms with Gasteiger partial charge in [0.05, 0.1) is 12.7 Å². The van der Waals surface area contributed by atoms with Gasteiger partial charge in [0.25, 0.3) is 0 Å². The van der Waals surface area contributed by atoms with Crippen molar-refractivity contribution in [3.63, 3.8) is 0 Å². The van der Waals surface area contributed by atoms with Crippen molar-refractivity contribution in [3.8, 4) is 0 Å². The third-order valence-electron chi connectivity index (χ3n) is 4.65. The molecule has 0 saturated heterocycles. The van der Waals surface area contributed by atoms with E-state index in [-0.39, 0.29) is 6.61 Å². The van der Waals surface area contributed by atoms with Gasteiger partial charge in [-0.3, -0.25) is 0 Å². The van der Waals surface area contributed by atoms with Gasteiger partial charge < -0.3 is 14.6 Å². The van der Waals surface area contributed by atoms with Crippen LogP contribution in [0.15, 0.2) is 91.0 Å². The molecular formula is C24H24O3. The van der Waals surface area contributed by atoms with E-state index in [9.17, 15) is 9.90 Å². The molecule has 0 amide bonds. The van der Waals surface area contributed by atoms with Gasteiger partial charge in [-0.15, -0.1) is 0 Å². The molecule has 0 heterocycles. The summed E-state index contributed by atoms with van der Waals surface area (Å²) >= 11 is 0. The van der Waals surface area contributed by atoms with E-state index in [0.29, 0.717) is 12.8 Å². The van der Waals surface area contributed by atoms with Crippen LogP contribution in [0.2, 0.25) is 0 Å². The molecule has 138 valence electrons. The molecule has 0 aliphatic rings. The van der Waals surface area contributed by atoms with Crippen LogP contribution < -0.4 is 0 Å². The quantitative estimate of drug-likeness (QED) is 0.456. The van der Waals surface area contributed by atoms with Gasteiger partial charge in [0.2, 0.25) is 0 Å². The van der Waals surface area contributed by atoms with Crippen LogP contribution in [0, 0.1) is 0 Å². The number of aliphatic hydroxyl groups is 1. The van der Waals surface area contributed by atoms with Crippen molar-refractivity contribution < 1.29 is 14.6 Å². The first-order chi connectivity index (χ1) is 13.3. The number of carbonyl (C=O) groups is 1. The predicted molar refractivity (Wildman–Crippen MR) is 106 cm³/mol. The molecular weight excluding hydrogens is 336 g/mol. The Morgan fingerprint density at radius 2 is 1.19 bits per heavy atom. The van der Waals surface area contributed by atoms with E-state index >= 15 is 0 Å². The van der Waals surface area contributed by atoms with Crippen LogP contribution in [0.5, 0.6) is 0 Å². The van der Waals surface area contributed by atoms with Crippen LogP contribution in [-0.4, -0.2) is 24.1 Å². The van der Waals surface area contributed by atoms with E-state index in [0.717, 1.165) is 23.0 Å². The van der Waals surface area contributed by atoms with Crippen molar-refractivity contribution in [3.05, 3.63) is 108 Å². The molecule has 3 aromatic carbocycles. The Balaban J connectivity index is 2.09. The molecule has 1 N–H and O–H groups in total. The fourth-order valence-electron chi connectivity index (χ4n) is 3.33. The van der Waals surface area contributed by atoms with Crippen LogP contribution >= 0.6 is 0 Å². The fraction of sp³-hybridized carbons (Fsp3) is 0.208. The van der Waals surface area contributed by atoms with Gasteiger partial charge in [-0.1, -0.05) is 91.0 Å². The monoisotopic (exact) mass is 360 g/mol. The Hall–Kier alpha value is -2.75. The van der Waals surface area contributed by atoms with Gasteiger partial charge in [-0.2, -0.15) is 0 Å². The van der Waals surface area contributed by atoms with Crippen LogP contribution in [-0.2, 0) is 15.1 Å². The first kappa shape index (κ1) is 19.0. The molecule has 0 saturated carbocycles.